The fraction of sp³-hybridized carbons (Fsp3) is 0.778. The van der Waals surface area contributed by atoms with Gasteiger partial charge < -0.3 is 10.4 Å². The van der Waals surface area contributed by atoms with E-state index in [1.165, 1.54) is 11.5 Å². The van der Waals surface area contributed by atoms with Crippen molar-refractivity contribution in [3.05, 3.63) is 11.1 Å². The molecule has 2 N–H and O–H groups in total. The highest BCUT2D eigenvalue weighted by molar-refractivity contribution is 7.99. The predicted molar refractivity (Wildman–Crippen MR) is 65.2 cm³/mol. The van der Waals surface area contributed by atoms with Gasteiger partial charge in [-0.05, 0) is 25.4 Å². The van der Waals surface area contributed by atoms with Crippen molar-refractivity contribution < 1.29 is 5.11 Å². The van der Waals surface area contributed by atoms with E-state index in [9.17, 15) is 5.11 Å². The van der Waals surface area contributed by atoms with Crippen molar-refractivity contribution in [2.45, 2.75) is 26.0 Å². The second-order valence-electron chi connectivity index (χ2n) is 3.94. The van der Waals surface area contributed by atoms with Crippen LogP contribution < -0.4 is 5.32 Å². The zero-order chi connectivity index (χ0) is 11.1. The van der Waals surface area contributed by atoms with Gasteiger partial charge in [-0.2, -0.15) is 11.8 Å². The fourth-order valence-electron chi connectivity index (χ4n) is 0.944. The normalized spacial score (nSPS) is 11.9. The Bertz CT molecular complexity index is 259. The standard InChI is InChI=1S/C9H17N3OS2/c1-9(2,13)7-14-4-3-10-5-8-6-15-12-11-8/h6,10,13H,3-5,7H2,1-2H3. The van der Waals surface area contributed by atoms with Crippen LogP contribution >= 0.6 is 23.3 Å². The lowest BCUT2D eigenvalue weighted by Crippen LogP contribution is -2.23. The van der Waals surface area contributed by atoms with Crippen molar-refractivity contribution in [2.24, 2.45) is 0 Å². The molecule has 0 bridgehead atoms. The SMILES string of the molecule is CC(C)(O)CSCCNCc1csnn1. The average Bonchev–Trinajstić information content (AvgIpc) is 2.61. The highest BCUT2D eigenvalue weighted by atomic mass is 32.2. The third-order valence-electron chi connectivity index (χ3n) is 1.59. The van der Waals surface area contributed by atoms with E-state index in [4.69, 9.17) is 0 Å². The molecule has 15 heavy (non-hydrogen) atoms. The summed E-state index contributed by atoms with van der Waals surface area (Å²) in [5.74, 6) is 1.77. The first-order valence-electron chi connectivity index (χ1n) is 4.85. The van der Waals surface area contributed by atoms with Crippen LogP contribution in [0.5, 0.6) is 0 Å². The van der Waals surface area contributed by atoms with Crippen LogP contribution in [0.25, 0.3) is 0 Å². The van der Waals surface area contributed by atoms with Gasteiger partial charge in [0.25, 0.3) is 0 Å². The molecule has 0 unspecified atom stereocenters. The number of thioether (sulfide) groups is 1. The van der Waals surface area contributed by atoms with E-state index < -0.39 is 5.60 Å². The Morgan fingerprint density at radius 1 is 1.60 bits per heavy atom. The van der Waals surface area contributed by atoms with Crippen molar-refractivity contribution in [1.29, 1.82) is 0 Å². The molecule has 6 heteroatoms. The van der Waals surface area contributed by atoms with Crippen molar-refractivity contribution in [3.63, 3.8) is 0 Å². The van der Waals surface area contributed by atoms with Gasteiger partial charge in [0.2, 0.25) is 0 Å². The van der Waals surface area contributed by atoms with Crippen molar-refractivity contribution in [1.82, 2.24) is 14.9 Å². The molecule has 0 aliphatic rings. The molecule has 1 aromatic heterocycles. The van der Waals surface area contributed by atoms with E-state index in [1.807, 2.05) is 19.2 Å². The Hall–Kier alpha value is -0.170. The second kappa shape index (κ2) is 6.42. The lowest BCUT2D eigenvalue weighted by Gasteiger charge is -2.15. The molecule has 86 valence electrons. The lowest BCUT2D eigenvalue weighted by atomic mass is 10.2. The highest BCUT2D eigenvalue weighted by Crippen LogP contribution is 2.10. The Balaban J connectivity index is 1.94. The Morgan fingerprint density at radius 2 is 2.40 bits per heavy atom. The van der Waals surface area contributed by atoms with E-state index in [1.54, 1.807) is 11.8 Å². The summed E-state index contributed by atoms with van der Waals surface area (Å²) >= 11 is 3.12. The monoisotopic (exact) mass is 247 g/mol. The van der Waals surface area contributed by atoms with E-state index in [0.717, 1.165) is 30.3 Å². The maximum Gasteiger partial charge on any atom is 0.0893 e. The Labute approximate surface area is 98.6 Å². The van der Waals surface area contributed by atoms with Crippen LogP contribution in [0.4, 0.5) is 0 Å². The molecule has 0 fully saturated rings. The van der Waals surface area contributed by atoms with Gasteiger partial charge in [0.15, 0.2) is 0 Å². The van der Waals surface area contributed by atoms with Crippen LogP contribution in [-0.4, -0.2) is 38.3 Å². The van der Waals surface area contributed by atoms with Gasteiger partial charge in [-0.25, -0.2) is 0 Å². The summed E-state index contributed by atoms with van der Waals surface area (Å²) in [6.07, 6.45) is 0. The number of aliphatic hydroxyl groups is 1. The molecule has 0 aliphatic heterocycles. The first-order valence-corrected chi connectivity index (χ1v) is 6.84. The lowest BCUT2D eigenvalue weighted by molar-refractivity contribution is 0.107. The molecular formula is C9H17N3OS2. The van der Waals surface area contributed by atoms with E-state index in [0.29, 0.717) is 0 Å². The molecule has 1 heterocycles. The van der Waals surface area contributed by atoms with Crippen LogP contribution in [0.2, 0.25) is 0 Å². The molecule has 4 nitrogen and oxygen atoms in total. The average molecular weight is 247 g/mol. The van der Waals surface area contributed by atoms with Crippen molar-refractivity contribution in [3.8, 4) is 0 Å². The summed E-state index contributed by atoms with van der Waals surface area (Å²) in [4.78, 5) is 0. The van der Waals surface area contributed by atoms with E-state index in [-0.39, 0.29) is 0 Å². The molecule has 1 aromatic rings. The Morgan fingerprint density at radius 3 is 3.00 bits per heavy atom. The van der Waals surface area contributed by atoms with Gasteiger partial charge in [0.05, 0.1) is 11.3 Å². The van der Waals surface area contributed by atoms with Crippen LogP contribution in [0, 0.1) is 0 Å². The van der Waals surface area contributed by atoms with Crippen LogP contribution in [-0.2, 0) is 6.54 Å². The topological polar surface area (TPSA) is 58.0 Å². The number of nitrogens with one attached hydrogen (secondary N) is 1. The molecule has 0 saturated heterocycles. The predicted octanol–water partition coefficient (Wildman–Crippen LogP) is 1.13. The molecule has 0 saturated carbocycles. The zero-order valence-corrected chi connectivity index (χ0v) is 10.7. The summed E-state index contributed by atoms with van der Waals surface area (Å²) in [6, 6.07) is 0. The maximum atomic E-state index is 9.47. The van der Waals surface area contributed by atoms with Gasteiger partial charge in [-0.15, -0.1) is 5.10 Å². The van der Waals surface area contributed by atoms with Gasteiger partial charge in [-0.1, -0.05) is 4.49 Å². The molecular weight excluding hydrogens is 230 g/mol. The molecule has 1 rings (SSSR count). The molecule has 0 spiro atoms. The largest absolute Gasteiger partial charge is 0.390 e. The zero-order valence-electron chi connectivity index (χ0n) is 9.06. The summed E-state index contributed by atoms with van der Waals surface area (Å²) in [5.41, 5.74) is 0.427. The fourth-order valence-corrected chi connectivity index (χ4v) is 2.33. The number of rotatable bonds is 7. The molecule has 0 aromatic carbocycles. The molecule has 0 amide bonds. The van der Waals surface area contributed by atoms with Crippen molar-refractivity contribution in [2.75, 3.05) is 18.1 Å². The first kappa shape index (κ1) is 12.9. The minimum absolute atomic E-state index is 0.566. The summed E-state index contributed by atoms with van der Waals surface area (Å²) in [7, 11) is 0. The van der Waals surface area contributed by atoms with Crippen LogP contribution in [0.3, 0.4) is 0 Å². The molecule has 0 aliphatic carbocycles. The summed E-state index contributed by atoms with van der Waals surface area (Å²) in [5, 5.41) is 18.6. The van der Waals surface area contributed by atoms with Crippen molar-refractivity contribution >= 4 is 23.3 Å². The molecule has 0 radical (unpaired) electrons. The van der Waals surface area contributed by atoms with Gasteiger partial charge in [0, 0.05) is 30.0 Å². The third kappa shape index (κ3) is 6.83. The van der Waals surface area contributed by atoms with Gasteiger partial charge in [-0.3, -0.25) is 0 Å². The highest BCUT2D eigenvalue weighted by Gasteiger charge is 2.11. The van der Waals surface area contributed by atoms with Gasteiger partial charge in [0.1, 0.15) is 0 Å². The quantitative estimate of drug-likeness (QED) is 0.707. The number of hydrogen-bond acceptors (Lipinski definition) is 6. The second-order valence-corrected chi connectivity index (χ2v) is 5.65. The van der Waals surface area contributed by atoms with Crippen LogP contribution in [0.15, 0.2) is 5.38 Å². The molecule has 0 atom stereocenters. The number of nitrogens with zero attached hydrogens (tertiary/aromatic N) is 2. The maximum absolute atomic E-state index is 9.47. The third-order valence-corrected chi connectivity index (χ3v) is 3.55. The summed E-state index contributed by atoms with van der Waals surface area (Å²) < 4.78 is 3.78. The van der Waals surface area contributed by atoms with Gasteiger partial charge >= 0.3 is 0 Å². The van der Waals surface area contributed by atoms with Crippen LogP contribution in [0.1, 0.15) is 19.5 Å². The number of aromatic nitrogens is 2. The first-order chi connectivity index (χ1) is 7.08. The smallest absolute Gasteiger partial charge is 0.0893 e. The minimum Gasteiger partial charge on any atom is -0.390 e. The van der Waals surface area contributed by atoms with E-state index in [2.05, 4.69) is 14.9 Å². The Kier molecular flexibility index (Phi) is 5.52. The summed E-state index contributed by atoms with van der Waals surface area (Å²) in [6.45, 7) is 5.36. The minimum atomic E-state index is -0.566. The number of hydrogen-bond donors (Lipinski definition) is 2. The van der Waals surface area contributed by atoms with E-state index >= 15 is 0 Å².